The fourth-order valence-corrected chi connectivity index (χ4v) is 3.07. The summed E-state index contributed by atoms with van der Waals surface area (Å²) in [7, 11) is 0. The van der Waals surface area contributed by atoms with Crippen LogP contribution >= 0.6 is 50.9 Å². The summed E-state index contributed by atoms with van der Waals surface area (Å²) in [5, 5.41) is 5.14. The summed E-state index contributed by atoms with van der Waals surface area (Å²) in [6, 6.07) is 5.34. The third kappa shape index (κ3) is 3.99. The molecule has 19 heavy (non-hydrogen) atoms. The molecule has 1 aromatic heterocycles. The molecule has 1 heterocycles. The van der Waals surface area contributed by atoms with E-state index in [2.05, 4.69) is 31.2 Å². The highest BCUT2D eigenvalue weighted by atomic mass is 79.9. The van der Waals surface area contributed by atoms with Gasteiger partial charge < -0.3 is 5.32 Å². The first-order valence-electron chi connectivity index (χ1n) is 5.49. The van der Waals surface area contributed by atoms with Crippen LogP contribution in [-0.2, 0) is 0 Å². The Labute approximate surface area is 134 Å². The van der Waals surface area contributed by atoms with Gasteiger partial charge in [-0.15, -0.1) is 0 Å². The van der Waals surface area contributed by atoms with Crippen LogP contribution in [0.3, 0.4) is 0 Å². The van der Waals surface area contributed by atoms with E-state index < -0.39 is 0 Å². The largest absolute Gasteiger partial charge is 0.354 e. The predicted molar refractivity (Wildman–Crippen MR) is 84.5 cm³/mol. The van der Waals surface area contributed by atoms with E-state index >= 15 is 0 Å². The molecule has 0 saturated carbocycles. The number of aromatic nitrogens is 2. The van der Waals surface area contributed by atoms with Crippen LogP contribution in [-0.4, -0.2) is 16.5 Å². The van der Waals surface area contributed by atoms with Crippen LogP contribution in [0.15, 0.2) is 38.8 Å². The van der Waals surface area contributed by atoms with Crippen LogP contribution in [0.25, 0.3) is 0 Å². The third-order valence-electron chi connectivity index (χ3n) is 2.15. The monoisotopic (exact) mass is 377 g/mol. The molecular weight excluding hydrogens is 369 g/mol. The average molecular weight is 379 g/mol. The molecule has 2 aromatic rings. The Kier molecular flexibility index (Phi) is 5.33. The lowest BCUT2D eigenvalue weighted by Crippen LogP contribution is -2.02. The van der Waals surface area contributed by atoms with Crippen molar-refractivity contribution in [2.45, 2.75) is 16.8 Å². The Balaban J connectivity index is 2.31. The van der Waals surface area contributed by atoms with Gasteiger partial charge >= 0.3 is 0 Å². The lowest BCUT2D eigenvalue weighted by Gasteiger charge is -2.08. The highest BCUT2D eigenvalue weighted by Crippen LogP contribution is 2.37. The minimum atomic E-state index is 0.589. The van der Waals surface area contributed by atoms with E-state index in [0.717, 1.165) is 20.9 Å². The first-order valence-corrected chi connectivity index (χ1v) is 7.86. The van der Waals surface area contributed by atoms with Gasteiger partial charge in [0.2, 0.25) is 5.95 Å². The topological polar surface area (TPSA) is 37.8 Å². The lowest BCUT2D eigenvalue weighted by molar-refractivity contribution is 0.999. The van der Waals surface area contributed by atoms with Crippen LogP contribution < -0.4 is 5.32 Å². The van der Waals surface area contributed by atoms with Crippen molar-refractivity contribution in [1.29, 1.82) is 0 Å². The Morgan fingerprint density at radius 1 is 1.37 bits per heavy atom. The first kappa shape index (κ1) is 14.9. The molecule has 0 fully saturated rings. The van der Waals surface area contributed by atoms with E-state index in [4.69, 9.17) is 23.2 Å². The van der Waals surface area contributed by atoms with Gasteiger partial charge in [-0.1, -0.05) is 35.0 Å². The molecule has 0 saturated heterocycles. The number of halogens is 3. The summed E-state index contributed by atoms with van der Waals surface area (Å²) in [6.45, 7) is 2.76. The van der Waals surface area contributed by atoms with Crippen molar-refractivity contribution in [2.24, 2.45) is 0 Å². The zero-order valence-corrected chi connectivity index (χ0v) is 13.9. The molecule has 1 N–H and O–H groups in total. The maximum absolute atomic E-state index is 6.15. The summed E-state index contributed by atoms with van der Waals surface area (Å²) in [4.78, 5) is 9.45. The lowest BCUT2D eigenvalue weighted by atomic mass is 10.4. The maximum atomic E-state index is 6.15. The number of hydrogen-bond donors (Lipinski definition) is 1. The molecule has 0 aliphatic heterocycles. The second-order valence-electron chi connectivity index (χ2n) is 3.55. The zero-order valence-electron chi connectivity index (χ0n) is 9.95. The molecule has 0 amide bonds. The minimum absolute atomic E-state index is 0.589. The van der Waals surface area contributed by atoms with Gasteiger partial charge in [-0.25, -0.2) is 9.97 Å². The summed E-state index contributed by atoms with van der Waals surface area (Å²) in [6.07, 6.45) is 1.71. The highest BCUT2D eigenvalue weighted by molar-refractivity contribution is 9.10. The van der Waals surface area contributed by atoms with Gasteiger partial charge in [0.1, 0.15) is 5.03 Å². The van der Waals surface area contributed by atoms with Crippen molar-refractivity contribution < 1.29 is 0 Å². The van der Waals surface area contributed by atoms with Crippen molar-refractivity contribution in [3.63, 3.8) is 0 Å². The number of nitrogens with zero attached hydrogens (tertiary/aromatic N) is 2. The normalized spacial score (nSPS) is 10.5. The molecule has 2 rings (SSSR count). The molecule has 0 aliphatic carbocycles. The molecule has 0 atom stereocenters. The standard InChI is InChI=1S/C12H10BrCl2N3S/c1-2-16-12-17-6-8(13)11(18-12)19-10-5-7(14)3-4-9(10)15/h3-6H,2H2,1H3,(H,16,17,18). The Bertz CT molecular complexity index is 595. The molecule has 0 bridgehead atoms. The predicted octanol–water partition coefficient (Wildman–Crippen LogP) is 5.13. The quantitative estimate of drug-likeness (QED) is 0.748. The maximum Gasteiger partial charge on any atom is 0.223 e. The molecule has 0 radical (unpaired) electrons. The van der Waals surface area contributed by atoms with E-state index in [1.807, 2.05) is 13.0 Å². The first-order chi connectivity index (χ1) is 9.10. The molecule has 3 nitrogen and oxygen atoms in total. The fourth-order valence-electron chi connectivity index (χ4n) is 1.33. The number of anilines is 1. The van der Waals surface area contributed by atoms with Crippen LogP contribution in [0, 0.1) is 0 Å². The van der Waals surface area contributed by atoms with Gasteiger partial charge in [0.05, 0.1) is 9.50 Å². The molecule has 0 aliphatic rings. The van der Waals surface area contributed by atoms with Gasteiger partial charge in [0.15, 0.2) is 0 Å². The Morgan fingerprint density at radius 3 is 2.89 bits per heavy atom. The van der Waals surface area contributed by atoms with Crippen LogP contribution in [0.1, 0.15) is 6.92 Å². The van der Waals surface area contributed by atoms with Gasteiger partial charge in [-0.3, -0.25) is 0 Å². The van der Waals surface area contributed by atoms with Crippen molar-refractivity contribution in [3.8, 4) is 0 Å². The molecule has 0 unspecified atom stereocenters. The van der Waals surface area contributed by atoms with Gasteiger partial charge in [-0.05, 0) is 41.1 Å². The summed E-state index contributed by atoms with van der Waals surface area (Å²) in [5.41, 5.74) is 0. The Hall–Kier alpha value is -0.490. The van der Waals surface area contributed by atoms with Crippen LogP contribution in [0.5, 0.6) is 0 Å². The van der Waals surface area contributed by atoms with Gasteiger partial charge in [0, 0.05) is 22.7 Å². The zero-order chi connectivity index (χ0) is 13.8. The summed E-state index contributed by atoms with van der Waals surface area (Å²) in [5.74, 6) is 0.589. The SMILES string of the molecule is CCNc1ncc(Br)c(Sc2cc(Cl)ccc2Cl)n1. The average Bonchev–Trinajstić information content (AvgIpc) is 2.38. The fraction of sp³-hybridized carbons (Fsp3) is 0.167. The van der Waals surface area contributed by atoms with Crippen molar-refractivity contribution >= 4 is 56.8 Å². The van der Waals surface area contributed by atoms with Gasteiger partial charge in [-0.2, -0.15) is 0 Å². The third-order valence-corrected chi connectivity index (χ3v) is 4.73. The summed E-state index contributed by atoms with van der Waals surface area (Å²) < 4.78 is 0.815. The van der Waals surface area contributed by atoms with Crippen molar-refractivity contribution in [2.75, 3.05) is 11.9 Å². The van der Waals surface area contributed by atoms with E-state index in [1.54, 1.807) is 18.3 Å². The van der Waals surface area contributed by atoms with Crippen LogP contribution in [0.4, 0.5) is 5.95 Å². The van der Waals surface area contributed by atoms with Crippen LogP contribution in [0.2, 0.25) is 10.0 Å². The minimum Gasteiger partial charge on any atom is -0.354 e. The molecular formula is C12H10BrCl2N3S. The Morgan fingerprint density at radius 2 is 2.16 bits per heavy atom. The molecule has 7 heteroatoms. The summed E-state index contributed by atoms with van der Waals surface area (Å²) >= 11 is 17.0. The smallest absolute Gasteiger partial charge is 0.223 e. The number of rotatable bonds is 4. The van der Waals surface area contributed by atoms with E-state index in [-0.39, 0.29) is 0 Å². The van der Waals surface area contributed by atoms with Crippen molar-refractivity contribution in [1.82, 2.24) is 9.97 Å². The second kappa shape index (κ2) is 6.79. The van der Waals surface area contributed by atoms with E-state index in [0.29, 0.717) is 16.0 Å². The number of hydrogen-bond acceptors (Lipinski definition) is 4. The van der Waals surface area contributed by atoms with E-state index in [9.17, 15) is 0 Å². The number of nitrogens with one attached hydrogen (secondary N) is 1. The molecule has 1 aromatic carbocycles. The number of benzene rings is 1. The van der Waals surface area contributed by atoms with Gasteiger partial charge in [0.25, 0.3) is 0 Å². The highest BCUT2D eigenvalue weighted by Gasteiger charge is 2.10. The van der Waals surface area contributed by atoms with Crippen molar-refractivity contribution in [3.05, 3.63) is 38.9 Å². The molecule has 100 valence electrons. The second-order valence-corrected chi connectivity index (χ2v) is 6.28. The van der Waals surface area contributed by atoms with E-state index in [1.165, 1.54) is 11.8 Å². The molecule has 0 spiro atoms.